The number of methoxy groups -OCH3 is 1. The van der Waals surface area contributed by atoms with Gasteiger partial charge < -0.3 is 89.3 Å². The molecule has 6 aliphatic rings. The van der Waals surface area contributed by atoms with Crippen LogP contribution < -0.4 is 0 Å². The van der Waals surface area contributed by atoms with E-state index in [-0.39, 0.29) is 55.7 Å². The van der Waals surface area contributed by atoms with Crippen molar-refractivity contribution in [3.05, 3.63) is 11.6 Å². The van der Waals surface area contributed by atoms with Gasteiger partial charge >= 0.3 is 0 Å². The third-order valence-electron chi connectivity index (χ3n) is 15.6. The standard InChI is InChI=1S/C43H74O18.CH4/c1-20(17-44)6-8-24-15-28-29(58-24)16-27-25-9-7-22-14-23(10-12-42(22,3)26(25)11-13-43(27,28)4)56-19-31(59-40-35(50)33(48)34(49)39(54)61-40)32(47)37(30(18-45)55-5)60-41(57-21(2)46)36(51)38(52)53;/h7,20-21,23-41,44-54H,6,8-19H2,1-5H3;1H4/t20-,21?,23?,24?,25?,26+,27?,28?,29?,30?,31?,32?,33?,34?,35?,36?,37?,39?,40?,41?,42?,43?;/m1./s1. The van der Waals surface area contributed by atoms with E-state index in [0.717, 1.165) is 51.4 Å². The molecule has 18 heteroatoms. The van der Waals surface area contributed by atoms with Crippen molar-refractivity contribution in [3.8, 4) is 0 Å². The van der Waals surface area contributed by atoms with Crippen LogP contribution >= 0.6 is 0 Å². The van der Waals surface area contributed by atoms with Crippen LogP contribution in [0.5, 0.6) is 0 Å². The summed E-state index contributed by atoms with van der Waals surface area (Å²) in [4.78, 5) is 0. The molecule has 0 amide bonds. The van der Waals surface area contributed by atoms with E-state index in [1.54, 1.807) is 0 Å². The van der Waals surface area contributed by atoms with E-state index in [0.29, 0.717) is 36.5 Å². The van der Waals surface area contributed by atoms with Crippen LogP contribution in [0.1, 0.15) is 99.3 Å². The molecule has 0 aromatic rings. The highest BCUT2D eigenvalue weighted by Gasteiger charge is 2.63. The Morgan fingerprint density at radius 1 is 0.823 bits per heavy atom. The first-order chi connectivity index (χ1) is 28.9. The molecule has 18 nitrogen and oxygen atoms in total. The number of aliphatic hydroxyl groups is 11. The van der Waals surface area contributed by atoms with Crippen LogP contribution in [0.15, 0.2) is 11.6 Å². The Hall–Kier alpha value is -0.980. The SMILES string of the molecule is C.COC(CO)C(OC(OC(C)O)C(O)C(O)O)C(O)C(COC1CCC2(C)C(=CCC3C4CC5OC(CC[C@@H](C)CO)CC5C4(C)CC[C@@H]32)C1)OC1OC(O)C(O)C(O)C1O. The van der Waals surface area contributed by atoms with Gasteiger partial charge in [-0.3, -0.25) is 0 Å². The topological polar surface area (TPSA) is 287 Å². The van der Waals surface area contributed by atoms with Crippen molar-refractivity contribution in [1.82, 2.24) is 0 Å². The smallest absolute Gasteiger partial charge is 0.192 e. The summed E-state index contributed by atoms with van der Waals surface area (Å²) < 4.78 is 40.7. The predicted molar refractivity (Wildman–Crippen MR) is 219 cm³/mol. The van der Waals surface area contributed by atoms with Crippen molar-refractivity contribution in [3.63, 3.8) is 0 Å². The molecule has 2 aliphatic heterocycles. The molecule has 362 valence electrons. The molecule has 0 spiro atoms. The van der Waals surface area contributed by atoms with Crippen LogP contribution in [0.2, 0.25) is 0 Å². The van der Waals surface area contributed by atoms with Gasteiger partial charge in [-0.25, -0.2) is 0 Å². The molecule has 11 N–H and O–H groups in total. The van der Waals surface area contributed by atoms with Crippen LogP contribution in [0.3, 0.4) is 0 Å². The average molecular weight is 895 g/mol. The Bertz CT molecular complexity index is 1420. The first-order valence-corrected chi connectivity index (χ1v) is 22.3. The second kappa shape index (κ2) is 21.8. The highest BCUT2D eigenvalue weighted by Crippen LogP contribution is 2.68. The second-order valence-corrected chi connectivity index (χ2v) is 19.3. The lowest BCUT2D eigenvalue weighted by Gasteiger charge is -2.58. The fourth-order valence-electron chi connectivity index (χ4n) is 11.9. The molecule has 3 saturated carbocycles. The summed E-state index contributed by atoms with van der Waals surface area (Å²) in [6.07, 6.45) is -11.9. The number of hydrogen-bond acceptors (Lipinski definition) is 18. The lowest BCUT2D eigenvalue weighted by Crippen LogP contribution is -2.61. The van der Waals surface area contributed by atoms with Gasteiger partial charge in [0.2, 0.25) is 0 Å². The molecule has 20 unspecified atom stereocenters. The Kier molecular flexibility index (Phi) is 18.2. The monoisotopic (exact) mass is 895 g/mol. The Morgan fingerprint density at radius 3 is 2.19 bits per heavy atom. The molecule has 6 rings (SSSR count). The summed E-state index contributed by atoms with van der Waals surface area (Å²) >= 11 is 0. The quantitative estimate of drug-likeness (QED) is 0.0567. The highest BCUT2D eigenvalue weighted by molar-refractivity contribution is 5.26. The normalized spacial score (nSPS) is 41.9. The zero-order valence-electron chi connectivity index (χ0n) is 36.2. The summed E-state index contributed by atoms with van der Waals surface area (Å²) in [5.74, 6) is 2.48. The fraction of sp³-hybridized carbons (Fsp3) is 0.955. The third kappa shape index (κ3) is 10.7. The molecule has 22 atom stereocenters. The summed E-state index contributed by atoms with van der Waals surface area (Å²) in [5, 5.41) is 113. The van der Waals surface area contributed by atoms with E-state index in [1.807, 2.05) is 0 Å². The molecule has 0 aromatic carbocycles. The number of hydrogen-bond donors (Lipinski definition) is 11. The van der Waals surface area contributed by atoms with E-state index >= 15 is 0 Å². The maximum absolute atomic E-state index is 11.9. The lowest BCUT2D eigenvalue weighted by atomic mass is 9.47. The first kappa shape index (κ1) is 52.0. The number of rotatable bonds is 20. The molecule has 0 radical (unpaired) electrons. The molecular weight excluding hydrogens is 816 g/mol. The number of fused-ring (bicyclic) bond motifs is 7. The van der Waals surface area contributed by atoms with Gasteiger partial charge in [-0.2, -0.15) is 0 Å². The van der Waals surface area contributed by atoms with E-state index in [9.17, 15) is 56.2 Å². The van der Waals surface area contributed by atoms with Crippen LogP contribution in [0.4, 0.5) is 0 Å². The van der Waals surface area contributed by atoms with Crippen LogP contribution in [0, 0.1) is 40.4 Å². The van der Waals surface area contributed by atoms with Gasteiger partial charge in [0, 0.05) is 13.7 Å². The summed E-state index contributed by atoms with van der Waals surface area (Å²) in [7, 11) is 1.19. The largest absolute Gasteiger partial charge is 0.396 e. The highest BCUT2D eigenvalue weighted by atomic mass is 16.8. The Labute approximate surface area is 365 Å². The lowest BCUT2D eigenvalue weighted by molar-refractivity contribution is -0.361. The van der Waals surface area contributed by atoms with E-state index in [2.05, 4.69) is 26.8 Å². The van der Waals surface area contributed by atoms with Gasteiger partial charge in [0.25, 0.3) is 0 Å². The summed E-state index contributed by atoms with van der Waals surface area (Å²) in [6, 6.07) is 0. The minimum Gasteiger partial charge on any atom is -0.396 e. The van der Waals surface area contributed by atoms with Gasteiger partial charge in [0.15, 0.2) is 37.6 Å². The van der Waals surface area contributed by atoms with Crippen LogP contribution in [0.25, 0.3) is 0 Å². The molecule has 2 saturated heterocycles. The van der Waals surface area contributed by atoms with E-state index in [4.69, 9.17) is 33.2 Å². The van der Waals surface area contributed by atoms with Crippen molar-refractivity contribution in [2.45, 2.75) is 198 Å². The Morgan fingerprint density at radius 2 is 1.55 bits per heavy atom. The van der Waals surface area contributed by atoms with Crippen LogP contribution in [-0.4, -0.2) is 182 Å². The van der Waals surface area contributed by atoms with Gasteiger partial charge in [0.1, 0.15) is 42.7 Å². The minimum absolute atomic E-state index is 0. The second-order valence-electron chi connectivity index (χ2n) is 19.3. The van der Waals surface area contributed by atoms with Crippen molar-refractivity contribution in [2.24, 2.45) is 40.4 Å². The summed E-state index contributed by atoms with van der Waals surface area (Å²) in [6.45, 7) is 7.19. The number of allylic oxidation sites excluding steroid dienone is 1. The third-order valence-corrected chi connectivity index (χ3v) is 15.6. The Balaban J connectivity index is 0.00000726. The number of ether oxygens (including phenoxy) is 7. The molecule has 4 aliphatic carbocycles. The molecule has 0 aromatic heterocycles. The van der Waals surface area contributed by atoms with Gasteiger partial charge in [-0.1, -0.05) is 39.8 Å². The van der Waals surface area contributed by atoms with Gasteiger partial charge in [-0.05, 0) is 112 Å². The zero-order chi connectivity index (χ0) is 44.6. The molecule has 2 heterocycles. The van der Waals surface area contributed by atoms with Crippen molar-refractivity contribution < 1.29 is 89.3 Å². The fourth-order valence-corrected chi connectivity index (χ4v) is 11.9. The minimum atomic E-state index is -2.41. The summed E-state index contributed by atoms with van der Waals surface area (Å²) in [5.41, 5.74) is 1.52. The van der Waals surface area contributed by atoms with E-state index in [1.165, 1.54) is 19.6 Å². The molecule has 5 fully saturated rings. The maximum atomic E-state index is 11.9. The molecule has 62 heavy (non-hydrogen) atoms. The average Bonchev–Trinajstić information content (AvgIpc) is 3.77. The van der Waals surface area contributed by atoms with E-state index < -0.39 is 86.9 Å². The maximum Gasteiger partial charge on any atom is 0.192 e. The van der Waals surface area contributed by atoms with Crippen LogP contribution in [-0.2, 0) is 33.2 Å². The van der Waals surface area contributed by atoms with Crippen molar-refractivity contribution >= 4 is 0 Å². The van der Waals surface area contributed by atoms with Crippen molar-refractivity contribution in [1.29, 1.82) is 0 Å². The first-order valence-electron chi connectivity index (χ1n) is 22.3. The van der Waals surface area contributed by atoms with Gasteiger partial charge in [-0.15, -0.1) is 0 Å². The number of aliphatic hydroxyl groups excluding tert-OH is 10. The molecular formula is C44H78O18. The molecule has 0 bridgehead atoms. The predicted octanol–water partition coefficient (Wildman–Crippen LogP) is 0.0113. The van der Waals surface area contributed by atoms with Gasteiger partial charge in [0.05, 0.1) is 31.5 Å². The zero-order valence-corrected chi connectivity index (χ0v) is 36.2. The van der Waals surface area contributed by atoms with Crippen molar-refractivity contribution in [2.75, 3.05) is 26.9 Å².